The molecule has 136 valence electrons. The lowest BCUT2D eigenvalue weighted by atomic mass is 9.87. The average Bonchev–Trinajstić information content (AvgIpc) is 2.93. The highest BCUT2D eigenvalue weighted by molar-refractivity contribution is 7.91. The first-order chi connectivity index (χ1) is 11.6. The highest BCUT2D eigenvalue weighted by Gasteiger charge is 2.25. The molecule has 3 rings (SSSR count). The molecular weight excluding hydrogens is 342 g/mol. The molecule has 8 heteroatoms. The van der Waals surface area contributed by atoms with Crippen molar-refractivity contribution in [2.24, 2.45) is 0 Å². The van der Waals surface area contributed by atoms with Crippen molar-refractivity contribution in [1.82, 2.24) is 15.2 Å². The Hall–Kier alpha value is -2.09. The highest BCUT2D eigenvalue weighted by atomic mass is 32.2. The molecule has 0 spiro atoms. The zero-order valence-corrected chi connectivity index (χ0v) is 15.5. The smallest absolute Gasteiger partial charge is 0.317 e. The van der Waals surface area contributed by atoms with E-state index >= 15 is 0 Å². The van der Waals surface area contributed by atoms with Crippen molar-refractivity contribution in [3.63, 3.8) is 0 Å². The zero-order valence-electron chi connectivity index (χ0n) is 14.7. The molecule has 0 atom stereocenters. The van der Waals surface area contributed by atoms with E-state index in [4.69, 9.17) is 4.42 Å². The van der Waals surface area contributed by atoms with E-state index in [0.29, 0.717) is 11.5 Å². The predicted molar refractivity (Wildman–Crippen MR) is 95.2 cm³/mol. The van der Waals surface area contributed by atoms with Crippen LogP contribution in [0.4, 0.5) is 4.79 Å². The molecule has 2 amide bonds. The van der Waals surface area contributed by atoms with Gasteiger partial charge in [-0.15, -0.1) is 0 Å². The molecule has 1 aliphatic rings. The molecule has 1 saturated heterocycles. The number of fused-ring (bicyclic) bond motifs is 1. The van der Waals surface area contributed by atoms with E-state index < -0.39 is 9.84 Å². The summed E-state index contributed by atoms with van der Waals surface area (Å²) in [5.41, 5.74) is 2.64. The van der Waals surface area contributed by atoms with Gasteiger partial charge in [0, 0.05) is 13.1 Å². The number of amides is 2. The Morgan fingerprint density at radius 1 is 1.28 bits per heavy atom. The summed E-state index contributed by atoms with van der Waals surface area (Å²) in [5.74, 6) is 0.455. The zero-order chi connectivity index (χ0) is 18.2. The highest BCUT2D eigenvalue weighted by Crippen LogP contribution is 2.26. The summed E-state index contributed by atoms with van der Waals surface area (Å²) >= 11 is 0. The van der Waals surface area contributed by atoms with Crippen LogP contribution < -0.4 is 5.32 Å². The van der Waals surface area contributed by atoms with Gasteiger partial charge in [0.05, 0.1) is 18.1 Å². The molecule has 1 aromatic carbocycles. The lowest BCUT2D eigenvalue weighted by molar-refractivity contribution is 0.200. The third-order valence-electron chi connectivity index (χ3n) is 4.32. The molecule has 1 fully saturated rings. The Morgan fingerprint density at radius 3 is 2.60 bits per heavy atom. The maximum absolute atomic E-state index is 12.1. The van der Waals surface area contributed by atoms with Gasteiger partial charge in [0.15, 0.2) is 15.4 Å². The van der Waals surface area contributed by atoms with Crippen molar-refractivity contribution < 1.29 is 17.6 Å². The van der Waals surface area contributed by atoms with Crippen LogP contribution in [-0.2, 0) is 21.8 Å². The summed E-state index contributed by atoms with van der Waals surface area (Å²) in [4.78, 5) is 18.1. The van der Waals surface area contributed by atoms with Gasteiger partial charge in [-0.2, -0.15) is 0 Å². The van der Waals surface area contributed by atoms with Gasteiger partial charge in [-0.1, -0.05) is 26.8 Å². The number of sulfone groups is 1. The first-order valence-electron chi connectivity index (χ1n) is 8.27. The maximum atomic E-state index is 12.1. The lowest BCUT2D eigenvalue weighted by Gasteiger charge is -2.26. The van der Waals surface area contributed by atoms with E-state index in [1.54, 1.807) is 0 Å². The molecule has 2 heterocycles. The van der Waals surface area contributed by atoms with Gasteiger partial charge in [-0.3, -0.25) is 0 Å². The van der Waals surface area contributed by atoms with Crippen LogP contribution in [0.1, 0.15) is 32.2 Å². The van der Waals surface area contributed by atoms with E-state index in [0.717, 1.165) is 5.52 Å². The Morgan fingerprint density at radius 2 is 1.96 bits per heavy atom. The van der Waals surface area contributed by atoms with Gasteiger partial charge in [-0.25, -0.2) is 18.2 Å². The van der Waals surface area contributed by atoms with Crippen LogP contribution in [0.3, 0.4) is 0 Å². The third-order valence-corrected chi connectivity index (χ3v) is 5.93. The van der Waals surface area contributed by atoms with Crippen molar-refractivity contribution in [3.05, 3.63) is 29.7 Å². The van der Waals surface area contributed by atoms with E-state index in [1.807, 2.05) is 18.2 Å². The first kappa shape index (κ1) is 17.7. The molecule has 0 aliphatic carbocycles. The lowest BCUT2D eigenvalue weighted by Crippen LogP contribution is -2.48. The summed E-state index contributed by atoms with van der Waals surface area (Å²) in [7, 11) is -3.00. The fourth-order valence-electron chi connectivity index (χ4n) is 2.70. The number of oxazole rings is 1. The third kappa shape index (κ3) is 4.12. The fraction of sp³-hybridized carbons (Fsp3) is 0.529. The molecule has 0 saturated carbocycles. The van der Waals surface area contributed by atoms with Crippen LogP contribution >= 0.6 is 0 Å². The molecule has 7 nitrogen and oxygen atoms in total. The van der Waals surface area contributed by atoms with Crippen LogP contribution in [0.5, 0.6) is 0 Å². The summed E-state index contributed by atoms with van der Waals surface area (Å²) < 4.78 is 28.5. The van der Waals surface area contributed by atoms with E-state index in [1.165, 1.54) is 10.5 Å². The second kappa shape index (κ2) is 6.33. The topological polar surface area (TPSA) is 92.5 Å². The number of rotatable bonds is 2. The normalized spacial score (nSPS) is 17.6. The second-order valence-electron chi connectivity index (χ2n) is 7.34. The van der Waals surface area contributed by atoms with Gasteiger partial charge in [0.1, 0.15) is 5.52 Å². The average molecular weight is 365 g/mol. The Labute approximate surface area is 147 Å². The Kier molecular flexibility index (Phi) is 4.49. The fourth-order valence-corrected chi connectivity index (χ4v) is 3.90. The number of aromatic nitrogens is 1. The number of carbonyl (C=O) groups excluding carboxylic acids is 1. The maximum Gasteiger partial charge on any atom is 0.317 e. The molecule has 0 unspecified atom stereocenters. The van der Waals surface area contributed by atoms with Crippen molar-refractivity contribution >= 4 is 27.0 Å². The van der Waals surface area contributed by atoms with Gasteiger partial charge < -0.3 is 14.6 Å². The SMILES string of the molecule is CC(C)(C)c1ccc2oc(CNC(=O)N3CCS(=O)(=O)CC3)nc2c1. The van der Waals surface area contributed by atoms with E-state index in [-0.39, 0.29) is 42.6 Å². The van der Waals surface area contributed by atoms with Gasteiger partial charge in [-0.05, 0) is 23.1 Å². The molecule has 0 radical (unpaired) electrons. The summed E-state index contributed by atoms with van der Waals surface area (Å²) in [6.45, 7) is 7.01. The van der Waals surface area contributed by atoms with Crippen molar-refractivity contribution in [3.8, 4) is 0 Å². The number of nitrogens with one attached hydrogen (secondary N) is 1. The largest absolute Gasteiger partial charge is 0.439 e. The summed E-state index contributed by atoms with van der Waals surface area (Å²) in [6, 6.07) is 5.61. The van der Waals surface area contributed by atoms with Crippen LogP contribution in [-0.4, -0.2) is 48.9 Å². The molecule has 2 aromatic rings. The predicted octanol–water partition coefficient (Wildman–Crippen LogP) is 2.07. The van der Waals surface area contributed by atoms with Gasteiger partial charge in [0.2, 0.25) is 5.89 Å². The standard InChI is InChI=1S/C17H23N3O4S/c1-17(2,3)12-4-5-14-13(10-12)19-15(24-14)11-18-16(21)20-6-8-25(22,23)9-7-20/h4-5,10H,6-9,11H2,1-3H3,(H,18,21). The van der Waals surface area contributed by atoms with Gasteiger partial charge >= 0.3 is 6.03 Å². The molecule has 25 heavy (non-hydrogen) atoms. The molecule has 1 aliphatic heterocycles. The molecule has 0 bridgehead atoms. The van der Waals surface area contributed by atoms with Crippen LogP contribution in [0, 0.1) is 0 Å². The minimum absolute atomic E-state index is 0.0128. The van der Waals surface area contributed by atoms with Crippen LogP contribution in [0.15, 0.2) is 22.6 Å². The van der Waals surface area contributed by atoms with Crippen LogP contribution in [0.2, 0.25) is 0 Å². The van der Waals surface area contributed by atoms with E-state index in [9.17, 15) is 13.2 Å². The monoisotopic (exact) mass is 365 g/mol. The Bertz CT molecular complexity index is 882. The minimum atomic E-state index is -3.00. The number of urea groups is 1. The van der Waals surface area contributed by atoms with Crippen molar-refractivity contribution in [1.29, 1.82) is 0 Å². The first-order valence-corrected chi connectivity index (χ1v) is 10.1. The summed E-state index contributed by atoms with van der Waals surface area (Å²) in [5, 5.41) is 2.74. The number of hydrogen-bond acceptors (Lipinski definition) is 5. The molecular formula is C17H23N3O4S. The van der Waals surface area contributed by atoms with Crippen molar-refractivity contribution in [2.75, 3.05) is 24.6 Å². The number of benzene rings is 1. The second-order valence-corrected chi connectivity index (χ2v) is 9.64. The molecule has 1 aromatic heterocycles. The quantitative estimate of drug-likeness (QED) is 0.879. The number of carbonyl (C=O) groups is 1. The van der Waals surface area contributed by atoms with Crippen LogP contribution in [0.25, 0.3) is 11.1 Å². The number of hydrogen-bond donors (Lipinski definition) is 1. The van der Waals surface area contributed by atoms with Gasteiger partial charge in [0.25, 0.3) is 0 Å². The molecule has 1 N–H and O–H groups in total. The Balaban J connectivity index is 1.64. The minimum Gasteiger partial charge on any atom is -0.439 e. The van der Waals surface area contributed by atoms with E-state index in [2.05, 4.69) is 31.1 Å². The summed E-state index contributed by atoms with van der Waals surface area (Å²) in [6.07, 6.45) is 0. The number of nitrogens with zero attached hydrogens (tertiary/aromatic N) is 2. The van der Waals surface area contributed by atoms with Crippen molar-refractivity contribution in [2.45, 2.75) is 32.7 Å².